The topological polar surface area (TPSA) is 46.3 Å². The first-order chi connectivity index (χ1) is 6.58. The Kier molecular flexibility index (Phi) is 2.52. The van der Waals surface area contributed by atoms with Crippen molar-refractivity contribution in [3.63, 3.8) is 0 Å². The molecule has 0 aromatic heterocycles. The lowest BCUT2D eigenvalue weighted by atomic mass is 9.80. The summed E-state index contributed by atoms with van der Waals surface area (Å²) in [5.74, 6) is 1.91. The van der Waals surface area contributed by atoms with E-state index >= 15 is 0 Å². The molecule has 1 aliphatic heterocycles. The van der Waals surface area contributed by atoms with Gasteiger partial charge in [-0.3, -0.25) is 4.79 Å². The standard InChI is InChI=1S/C11H20N2O/c1-7-5-13(6-8(7)2)11(14)9-3-10(12)4-9/h7-10H,3-6,12H2,1-2H3. The molecule has 0 bridgehead atoms. The summed E-state index contributed by atoms with van der Waals surface area (Å²) in [6.07, 6.45) is 1.80. The summed E-state index contributed by atoms with van der Waals surface area (Å²) < 4.78 is 0. The molecule has 2 atom stereocenters. The Labute approximate surface area is 85.6 Å². The van der Waals surface area contributed by atoms with E-state index in [0.29, 0.717) is 17.7 Å². The first-order valence-electron chi connectivity index (χ1n) is 5.62. The van der Waals surface area contributed by atoms with Crippen LogP contribution in [0.2, 0.25) is 0 Å². The van der Waals surface area contributed by atoms with Gasteiger partial charge in [-0.2, -0.15) is 0 Å². The Morgan fingerprint density at radius 3 is 2.14 bits per heavy atom. The van der Waals surface area contributed by atoms with Crippen LogP contribution in [0, 0.1) is 17.8 Å². The number of hydrogen-bond acceptors (Lipinski definition) is 2. The van der Waals surface area contributed by atoms with E-state index in [0.717, 1.165) is 25.9 Å². The molecule has 3 nitrogen and oxygen atoms in total. The van der Waals surface area contributed by atoms with Crippen LogP contribution < -0.4 is 5.73 Å². The third kappa shape index (κ3) is 1.65. The van der Waals surface area contributed by atoms with Crippen molar-refractivity contribution in [2.45, 2.75) is 32.7 Å². The third-order valence-electron chi connectivity index (χ3n) is 3.82. The van der Waals surface area contributed by atoms with E-state index in [1.165, 1.54) is 0 Å². The number of hydrogen-bond donors (Lipinski definition) is 1. The number of rotatable bonds is 1. The van der Waals surface area contributed by atoms with Gasteiger partial charge in [0.25, 0.3) is 0 Å². The van der Waals surface area contributed by atoms with Crippen LogP contribution in [-0.2, 0) is 4.79 Å². The van der Waals surface area contributed by atoms with Crippen LogP contribution in [0.5, 0.6) is 0 Å². The van der Waals surface area contributed by atoms with Crippen molar-refractivity contribution < 1.29 is 4.79 Å². The van der Waals surface area contributed by atoms with Gasteiger partial charge in [0.05, 0.1) is 0 Å². The molecule has 2 fully saturated rings. The van der Waals surface area contributed by atoms with Crippen LogP contribution in [0.1, 0.15) is 26.7 Å². The zero-order valence-corrected chi connectivity index (χ0v) is 9.07. The maximum atomic E-state index is 11.9. The molecule has 80 valence electrons. The monoisotopic (exact) mass is 196 g/mol. The highest BCUT2D eigenvalue weighted by atomic mass is 16.2. The molecule has 3 heteroatoms. The fourth-order valence-electron chi connectivity index (χ4n) is 2.43. The second-order valence-electron chi connectivity index (χ2n) is 5.13. The predicted octanol–water partition coefficient (Wildman–Crippen LogP) is 0.838. The second kappa shape index (κ2) is 3.54. The first kappa shape index (κ1) is 9.97. The van der Waals surface area contributed by atoms with Crippen molar-refractivity contribution in [2.75, 3.05) is 13.1 Å². The highest BCUT2D eigenvalue weighted by Crippen LogP contribution is 2.31. The SMILES string of the molecule is CC1CN(C(=O)C2CC(N)C2)CC1C. The van der Waals surface area contributed by atoms with Crippen molar-refractivity contribution in [1.82, 2.24) is 4.90 Å². The second-order valence-corrected chi connectivity index (χ2v) is 5.13. The van der Waals surface area contributed by atoms with Crippen molar-refractivity contribution in [2.24, 2.45) is 23.5 Å². The van der Waals surface area contributed by atoms with Crippen LogP contribution in [0.3, 0.4) is 0 Å². The van der Waals surface area contributed by atoms with Gasteiger partial charge < -0.3 is 10.6 Å². The normalized spacial score (nSPS) is 42.4. The largest absolute Gasteiger partial charge is 0.342 e. The summed E-state index contributed by atoms with van der Waals surface area (Å²) in [7, 11) is 0. The van der Waals surface area contributed by atoms with Gasteiger partial charge in [-0.1, -0.05) is 13.8 Å². The molecule has 1 amide bonds. The molecule has 2 rings (SSSR count). The van der Waals surface area contributed by atoms with Gasteiger partial charge in [0.2, 0.25) is 5.91 Å². The number of amides is 1. The van der Waals surface area contributed by atoms with Crippen LogP contribution >= 0.6 is 0 Å². The summed E-state index contributed by atoms with van der Waals surface area (Å²) in [4.78, 5) is 14.0. The molecule has 1 aliphatic carbocycles. The van der Waals surface area contributed by atoms with Crippen LogP contribution in [-0.4, -0.2) is 29.9 Å². The summed E-state index contributed by atoms with van der Waals surface area (Å²) in [6, 6.07) is 0.279. The lowest BCUT2D eigenvalue weighted by molar-refractivity contribution is -0.137. The van der Waals surface area contributed by atoms with Crippen LogP contribution in [0.25, 0.3) is 0 Å². The molecule has 14 heavy (non-hydrogen) atoms. The summed E-state index contributed by atoms with van der Waals surface area (Å²) in [5.41, 5.74) is 5.69. The first-order valence-corrected chi connectivity index (χ1v) is 5.62. The number of nitrogens with zero attached hydrogens (tertiary/aromatic N) is 1. The van der Waals surface area contributed by atoms with Gasteiger partial charge in [0.15, 0.2) is 0 Å². The van der Waals surface area contributed by atoms with E-state index in [1.807, 2.05) is 4.90 Å². The smallest absolute Gasteiger partial charge is 0.225 e. The maximum absolute atomic E-state index is 11.9. The van der Waals surface area contributed by atoms with Gasteiger partial charge in [-0.25, -0.2) is 0 Å². The lowest BCUT2D eigenvalue weighted by Gasteiger charge is -2.34. The van der Waals surface area contributed by atoms with Gasteiger partial charge in [0.1, 0.15) is 0 Å². The van der Waals surface area contributed by atoms with E-state index in [-0.39, 0.29) is 12.0 Å². The number of carbonyl (C=O) groups excluding carboxylic acids is 1. The van der Waals surface area contributed by atoms with Crippen molar-refractivity contribution >= 4 is 5.91 Å². The molecule has 2 aliphatic rings. The molecule has 2 unspecified atom stereocenters. The van der Waals surface area contributed by atoms with Gasteiger partial charge in [0, 0.05) is 25.0 Å². The van der Waals surface area contributed by atoms with Crippen LogP contribution in [0.15, 0.2) is 0 Å². The molecule has 0 aromatic rings. The van der Waals surface area contributed by atoms with E-state index in [2.05, 4.69) is 13.8 Å². The highest BCUT2D eigenvalue weighted by molar-refractivity contribution is 5.80. The Morgan fingerprint density at radius 2 is 1.71 bits per heavy atom. The molecule has 1 heterocycles. The average molecular weight is 196 g/mol. The van der Waals surface area contributed by atoms with Crippen molar-refractivity contribution in [1.29, 1.82) is 0 Å². The highest BCUT2D eigenvalue weighted by Gasteiger charge is 2.38. The van der Waals surface area contributed by atoms with Gasteiger partial charge >= 0.3 is 0 Å². The molecule has 1 saturated heterocycles. The Balaban J connectivity index is 1.87. The average Bonchev–Trinajstić information content (AvgIpc) is 2.41. The molecular weight excluding hydrogens is 176 g/mol. The minimum absolute atomic E-state index is 0.238. The summed E-state index contributed by atoms with van der Waals surface area (Å²) in [5, 5.41) is 0. The summed E-state index contributed by atoms with van der Waals surface area (Å²) >= 11 is 0. The van der Waals surface area contributed by atoms with E-state index in [4.69, 9.17) is 5.73 Å². The third-order valence-corrected chi connectivity index (χ3v) is 3.82. The Bertz CT molecular complexity index is 225. The summed E-state index contributed by atoms with van der Waals surface area (Å²) in [6.45, 7) is 6.35. The number of nitrogens with two attached hydrogens (primary N) is 1. The minimum Gasteiger partial charge on any atom is -0.342 e. The molecule has 1 saturated carbocycles. The van der Waals surface area contributed by atoms with Crippen molar-refractivity contribution in [3.8, 4) is 0 Å². The fraction of sp³-hybridized carbons (Fsp3) is 0.909. The van der Waals surface area contributed by atoms with E-state index < -0.39 is 0 Å². The molecule has 0 aromatic carbocycles. The number of carbonyl (C=O) groups is 1. The molecular formula is C11H20N2O. The van der Waals surface area contributed by atoms with Crippen LogP contribution in [0.4, 0.5) is 0 Å². The van der Waals surface area contributed by atoms with E-state index in [9.17, 15) is 4.79 Å². The predicted molar refractivity (Wildman–Crippen MR) is 55.6 cm³/mol. The lowest BCUT2D eigenvalue weighted by Crippen LogP contribution is -2.46. The molecule has 0 spiro atoms. The van der Waals surface area contributed by atoms with E-state index in [1.54, 1.807) is 0 Å². The van der Waals surface area contributed by atoms with Gasteiger partial charge in [-0.05, 0) is 24.7 Å². The Hall–Kier alpha value is -0.570. The molecule has 0 radical (unpaired) electrons. The maximum Gasteiger partial charge on any atom is 0.225 e. The Morgan fingerprint density at radius 1 is 1.21 bits per heavy atom. The minimum atomic E-state index is 0.238. The quantitative estimate of drug-likeness (QED) is 0.675. The fourth-order valence-corrected chi connectivity index (χ4v) is 2.43. The number of likely N-dealkylation sites (tertiary alicyclic amines) is 1. The zero-order valence-electron chi connectivity index (χ0n) is 9.07. The van der Waals surface area contributed by atoms with Gasteiger partial charge in [-0.15, -0.1) is 0 Å². The molecule has 2 N–H and O–H groups in total. The zero-order chi connectivity index (χ0) is 10.3. The van der Waals surface area contributed by atoms with Crippen molar-refractivity contribution in [3.05, 3.63) is 0 Å².